The molecule has 1 aromatic rings. The minimum Gasteiger partial charge on any atom is -0.367 e. The van der Waals surface area contributed by atoms with Crippen molar-refractivity contribution in [3.05, 3.63) is 16.5 Å². The molecule has 18 heavy (non-hydrogen) atoms. The van der Waals surface area contributed by atoms with Gasteiger partial charge in [0.1, 0.15) is 16.2 Å². The highest BCUT2D eigenvalue weighted by Gasteiger charge is 2.19. The van der Waals surface area contributed by atoms with Crippen molar-refractivity contribution < 1.29 is 0 Å². The van der Waals surface area contributed by atoms with Crippen molar-refractivity contribution in [2.24, 2.45) is 0 Å². The Morgan fingerprint density at radius 1 is 1.33 bits per heavy atom. The van der Waals surface area contributed by atoms with Crippen molar-refractivity contribution in [1.29, 1.82) is 0 Å². The molecule has 1 unspecified atom stereocenters. The van der Waals surface area contributed by atoms with Gasteiger partial charge in [-0.15, -0.1) is 0 Å². The first-order valence-corrected chi connectivity index (χ1v) is 7.44. The molecule has 0 bridgehead atoms. The summed E-state index contributed by atoms with van der Waals surface area (Å²) in [5.41, 5.74) is -0.0349. The molecule has 3 nitrogen and oxygen atoms in total. The largest absolute Gasteiger partial charge is 0.367 e. The molecule has 0 saturated carbocycles. The van der Waals surface area contributed by atoms with Crippen LogP contribution in [0.25, 0.3) is 0 Å². The second-order valence-corrected chi connectivity index (χ2v) is 6.65. The van der Waals surface area contributed by atoms with E-state index < -0.39 is 0 Å². The highest BCUT2D eigenvalue weighted by atomic mass is 79.9. The van der Waals surface area contributed by atoms with Crippen molar-refractivity contribution in [2.45, 2.75) is 65.3 Å². The molecule has 1 atom stereocenters. The van der Waals surface area contributed by atoms with Gasteiger partial charge in [0.2, 0.25) is 0 Å². The maximum Gasteiger partial charge on any atom is 0.137 e. The van der Waals surface area contributed by atoms with Crippen LogP contribution in [0, 0.1) is 0 Å². The van der Waals surface area contributed by atoms with Crippen LogP contribution in [-0.4, -0.2) is 16.0 Å². The van der Waals surface area contributed by atoms with Gasteiger partial charge in [-0.3, -0.25) is 0 Å². The molecule has 0 amide bonds. The lowest BCUT2D eigenvalue weighted by Crippen LogP contribution is -2.20. The molecule has 4 heteroatoms. The summed E-state index contributed by atoms with van der Waals surface area (Å²) < 4.78 is 0.840. The highest BCUT2D eigenvalue weighted by Crippen LogP contribution is 2.23. The van der Waals surface area contributed by atoms with Gasteiger partial charge in [-0.05, 0) is 29.3 Å². The van der Waals surface area contributed by atoms with Crippen LogP contribution in [-0.2, 0) is 5.41 Å². The highest BCUT2D eigenvalue weighted by molar-refractivity contribution is 9.10. The Labute approximate surface area is 119 Å². The molecule has 0 spiro atoms. The van der Waals surface area contributed by atoms with Gasteiger partial charge in [0.25, 0.3) is 0 Å². The van der Waals surface area contributed by atoms with Gasteiger partial charge in [-0.2, -0.15) is 0 Å². The van der Waals surface area contributed by atoms with Crippen LogP contribution >= 0.6 is 15.9 Å². The Morgan fingerprint density at radius 3 is 2.56 bits per heavy atom. The Kier molecular flexibility index (Phi) is 5.57. The van der Waals surface area contributed by atoms with E-state index in [2.05, 4.69) is 65.8 Å². The van der Waals surface area contributed by atoms with Crippen molar-refractivity contribution in [3.8, 4) is 0 Å². The van der Waals surface area contributed by atoms with Crippen LogP contribution in [0.4, 0.5) is 5.82 Å². The molecule has 0 aliphatic heterocycles. The summed E-state index contributed by atoms with van der Waals surface area (Å²) in [4.78, 5) is 9.04. The van der Waals surface area contributed by atoms with Crippen LogP contribution < -0.4 is 5.32 Å². The van der Waals surface area contributed by atoms with Gasteiger partial charge in [-0.25, -0.2) is 9.97 Å². The number of hydrogen-bond acceptors (Lipinski definition) is 3. The van der Waals surface area contributed by atoms with Crippen molar-refractivity contribution >= 4 is 21.7 Å². The number of halogens is 1. The van der Waals surface area contributed by atoms with E-state index in [1.165, 1.54) is 19.3 Å². The number of rotatable bonds is 5. The predicted octanol–water partition coefficient (Wildman–Crippen LogP) is 4.53. The lowest BCUT2D eigenvalue weighted by atomic mass is 9.96. The van der Waals surface area contributed by atoms with Crippen LogP contribution in [0.15, 0.2) is 10.7 Å². The van der Waals surface area contributed by atoms with Gasteiger partial charge in [0.05, 0.1) is 0 Å². The number of nitrogens with zero attached hydrogens (tertiary/aromatic N) is 2. The van der Waals surface area contributed by atoms with Crippen LogP contribution in [0.1, 0.15) is 59.7 Å². The second-order valence-electron chi connectivity index (χ2n) is 5.84. The summed E-state index contributed by atoms with van der Waals surface area (Å²) in [6, 6.07) is 2.39. The molecule has 1 heterocycles. The summed E-state index contributed by atoms with van der Waals surface area (Å²) in [5, 5.41) is 3.45. The molecular weight excluding hydrogens is 290 g/mol. The number of nitrogens with one attached hydrogen (secondary N) is 1. The van der Waals surface area contributed by atoms with Crippen LogP contribution in [0.3, 0.4) is 0 Å². The van der Waals surface area contributed by atoms with E-state index in [0.717, 1.165) is 16.2 Å². The standard InChI is InChI=1S/C14H24BrN3/c1-6-7-8-10(2)16-12-9-11(15)17-13(18-12)14(3,4)5/h9-10H,6-8H2,1-5H3,(H,16,17,18). The molecule has 0 aromatic carbocycles. The minimum absolute atomic E-state index is 0.0349. The lowest BCUT2D eigenvalue weighted by molar-refractivity contribution is 0.543. The number of hydrogen-bond donors (Lipinski definition) is 1. The van der Waals surface area contributed by atoms with Crippen molar-refractivity contribution in [2.75, 3.05) is 5.32 Å². The van der Waals surface area contributed by atoms with Gasteiger partial charge in [0.15, 0.2) is 0 Å². The summed E-state index contributed by atoms with van der Waals surface area (Å²) in [6.07, 6.45) is 3.64. The second kappa shape index (κ2) is 6.50. The normalized spacial score (nSPS) is 13.4. The van der Waals surface area contributed by atoms with Crippen LogP contribution in [0.2, 0.25) is 0 Å². The molecule has 1 N–H and O–H groups in total. The molecule has 1 rings (SSSR count). The van der Waals surface area contributed by atoms with E-state index in [-0.39, 0.29) is 5.41 Å². The van der Waals surface area contributed by atoms with E-state index in [9.17, 15) is 0 Å². The molecular formula is C14H24BrN3. The quantitative estimate of drug-likeness (QED) is 0.812. The van der Waals surface area contributed by atoms with Gasteiger partial charge in [0, 0.05) is 17.5 Å². The Bertz CT molecular complexity index is 385. The Balaban J connectivity index is 2.80. The third-order valence-corrected chi connectivity index (χ3v) is 3.16. The molecule has 0 radical (unpaired) electrons. The fourth-order valence-electron chi connectivity index (χ4n) is 1.66. The first-order valence-electron chi connectivity index (χ1n) is 6.64. The predicted molar refractivity (Wildman–Crippen MR) is 81.0 cm³/mol. The monoisotopic (exact) mass is 313 g/mol. The molecule has 0 aliphatic carbocycles. The Hall–Kier alpha value is -0.640. The number of aromatic nitrogens is 2. The van der Waals surface area contributed by atoms with E-state index in [0.29, 0.717) is 6.04 Å². The summed E-state index contributed by atoms with van der Waals surface area (Å²) in [6.45, 7) is 10.8. The first-order chi connectivity index (χ1) is 8.32. The average Bonchev–Trinajstić information content (AvgIpc) is 2.24. The third kappa shape index (κ3) is 4.92. The van der Waals surface area contributed by atoms with Crippen LogP contribution in [0.5, 0.6) is 0 Å². The molecule has 0 aliphatic rings. The molecule has 1 aromatic heterocycles. The van der Waals surface area contributed by atoms with Gasteiger partial charge < -0.3 is 5.32 Å². The first kappa shape index (κ1) is 15.4. The fourth-order valence-corrected chi connectivity index (χ4v) is 2.05. The Morgan fingerprint density at radius 2 is 2.00 bits per heavy atom. The van der Waals surface area contributed by atoms with E-state index >= 15 is 0 Å². The number of unbranched alkanes of at least 4 members (excludes halogenated alkanes) is 1. The number of anilines is 1. The maximum absolute atomic E-state index is 4.60. The van der Waals surface area contributed by atoms with Crippen molar-refractivity contribution in [3.63, 3.8) is 0 Å². The fraction of sp³-hybridized carbons (Fsp3) is 0.714. The summed E-state index contributed by atoms with van der Waals surface area (Å²) >= 11 is 3.46. The lowest BCUT2D eigenvalue weighted by Gasteiger charge is -2.19. The van der Waals surface area contributed by atoms with Crippen molar-refractivity contribution in [1.82, 2.24) is 9.97 Å². The van der Waals surface area contributed by atoms with E-state index in [4.69, 9.17) is 0 Å². The smallest absolute Gasteiger partial charge is 0.137 e. The summed E-state index contributed by atoms with van der Waals surface area (Å²) in [7, 11) is 0. The molecule has 0 fully saturated rings. The van der Waals surface area contributed by atoms with E-state index in [1.807, 2.05) is 6.07 Å². The average molecular weight is 314 g/mol. The SMILES string of the molecule is CCCCC(C)Nc1cc(Br)nc(C(C)(C)C)n1. The minimum atomic E-state index is -0.0349. The zero-order valence-electron chi connectivity index (χ0n) is 12.0. The maximum atomic E-state index is 4.60. The third-order valence-electron chi connectivity index (χ3n) is 2.75. The molecule has 0 saturated heterocycles. The molecule has 102 valence electrons. The summed E-state index contributed by atoms with van der Waals surface area (Å²) in [5.74, 6) is 1.77. The van der Waals surface area contributed by atoms with E-state index in [1.54, 1.807) is 0 Å². The zero-order valence-corrected chi connectivity index (χ0v) is 13.6. The zero-order chi connectivity index (χ0) is 13.8. The topological polar surface area (TPSA) is 37.8 Å². The van der Waals surface area contributed by atoms with Gasteiger partial charge in [-0.1, -0.05) is 40.5 Å². The van der Waals surface area contributed by atoms with Gasteiger partial charge >= 0.3 is 0 Å².